The average Bonchev–Trinajstić information content (AvgIpc) is 1.52. The maximum Gasteiger partial charge on any atom is 0.350 e. The quantitative estimate of drug-likeness (QED) is 0.0323. The Kier molecular flexibility index (Phi) is 25.3. The van der Waals surface area contributed by atoms with Crippen LogP contribution >= 0.6 is 0 Å². The van der Waals surface area contributed by atoms with Gasteiger partial charge in [0.15, 0.2) is 11.2 Å². The Morgan fingerprint density at radius 1 is 0.425 bits per heavy atom. The third kappa shape index (κ3) is 17.0. The number of rotatable bonds is 24. The van der Waals surface area contributed by atoms with Gasteiger partial charge in [0.2, 0.25) is 0 Å². The standard InChI is InChI=1S/C40H41F4N9O2.C39H39F4N9O3.CH4.FH2N/c1-4-36(27(2)3)53-38(54)51(26-48-53)33-13-11-32(12-14-33)50-21-19-49(20-22-50)31-9-5-28(6-10-31)29-7-16-37(45-24-29)40(43,44)39(55,25-52-46-17-18-47-52)34-15-8-30(41)23-35(34)42;1-3-35(26(2)53)52-37(54)50(25-47-52)32-12-10-31(11-13-32)49-20-18-48(19-21-49)30-8-4-27(5-9-30)28-6-15-36(44-23-28)39(42,43)38(55,24-51-45-16-17-46-51)33-14-7-29(40)22-34(33)41;;1-2/h5-18,23-24,26-27,36,55H,4,19-22,25H2,1-3H3;4-17,22-23,25-26,35,53,55H,3,18-21,24H2,1-2H3;1H4;2H2/t36-,39?;26-,35-,38?;;/m00../s1. The first-order valence-corrected chi connectivity index (χ1v) is 36.2. The van der Waals surface area contributed by atoms with Crippen LogP contribution in [0, 0.1) is 29.2 Å². The van der Waals surface area contributed by atoms with Crippen molar-refractivity contribution in [1.29, 1.82) is 0 Å². The molecule has 8 heterocycles. The van der Waals surface area contributed by atoms with Gasteiger partial charge in [-0.3, -0.25) is 9.97 Å². The number of hydrogen-bond acceptors (Lipinski definition) is 18. The molecule has 24 nitrogen and oxygen atoms in total. The monoisotopic (exact) mass is 1560 g/mol. The van der Waals surface area contributed by atoms with Crippen LogP contribution in [-0.4, -0.2) is 142 Å². The minimum absolute atomic E-state index is 0. The van der Waals surface area contributed by atoms with Crippen LogP contribution in [0.25, 0.3) is 33.6 Å². The predicted octanol–water partition coefficient (Wildman–Crippen LogP) is 12.3. The second-order valence-electron chi connectivity index (χ2n) is 27.6. The number of anilines is 4. The van der Waals surface area contributed by atoms with E-state index in [4.69, 9.17) is 4.48 Å². The molecule has 0 saturated carbocycles. The fourth-order valence-electron chi connectivity index (χ4n) is 14.3. The van der Waals surface area contributed by atoms with Crippen molar-refractivity contribution in [1.82, 2.24) is 68.7 Å². The van der Waals surface area contributed by atoms with E-state index in [-0.39, 0.29) is 24.8 Å². The van der Waals surface area contributed by atoms with Gasteiger partial charge in [-0.15, -0.1) is 4.48 Å². The van der Waals surface area contributed by atoms with Gasteiger partial charge in [-0.05, 0) is 146 Å². The number of nitrogens with two attached hydrogens (primary N) is 1. The van der Waals surface area contributed by atoms with Crippen molar-refractivity contribution in [3.63, 3.8) is 0 Å². The van der Waals surface area contributed by atoms with E-state index in [2.05, 4.69) is 86.9 Å². The molecule has 6 aromatic heterocycles. The molecule has 14 rings (SSSR count). The zero-order valence-corrected chi connectivity index (χ0v) is 61.6. The van der Waals surface area contributed by atoms with Gasteiger partial charge in [0, 0.05) is 122 Å². The fourth-order valence-corrected chi connectivity index (χ4v) is 14.3. The molecule has 33 heteroatoms. The van der Waals surface area contributed by atoms with Crippen LogP contribution in [0.4, 0.5) is 62.4 Å². The molecular formula is C80H86F9N19O5. The lowest BCUT2D eigenvalue weighted by Crippen LogP contribution is -2.48. The predicted molar refractivity (Wildman–Crippen MR) is 409 cm³/mol. The van der Waals surface area contributed by atoms with E-state index in [0.29, 0.717) is 41.3 Å². The van der Waals surface area contributed by atoms with Crippen molar-refractivity contribution in [2.75, 3.05) is 72.0 Å². The van der Waals surface area contributed by atoms with Crippen molar-refractivity contribution in [2.24, 2.45) is 11.9 Å². The number of nitrogens with zero attached hydrogens (tertiary/aromatic N) is 18. The maximum atomic E-state index is 16.2. The molecular weight excluding hydrogens is 1480 g/mol. The van der Waals surface area contributed by atoms with Gasteiger partial charge in [0.25, 0.3) is 0 Å². The summed E-state index contributed by atoms with van der Waals surface area (Å²) in [5.74, 6) is -9.64. The van der Waals surface area contributed by atoms with Gasteiger partial charge in [0.1, 0.15) is 60.4 Å². The number of piperazine rings is 2. The Balaban J connectivity index is 0.000000217. The molecule has 0 spiro atoms. The number of alkyl halides is 4. The molecule has 12 aromatic rings. The molecule has 6 aromatic carbocycles. The van der Waals surface area contributed by atoms with Gasteiger partial charge in [-0.1, -0.05) is 71.5 Å². The third-order valence-corrected chi connectivity index (χ3v) is 20.5. The smallest absolute Gasteiger partial charge is 0.350 e. The van der Waals surface area contributed by atoms with Gasteiger partial charge in [-0.25, -0.2) is 45.6 Å². The van der Waals surface area contributed by atoms with Gasteiger partial charge in [0.05, 0.1) is 54.3 Å². The van der Waals surface area contributed by atoms with Crippen LogP contribution < -0.4 is 36.9 Å². The van der Waals surface area contributed by atoms with E-state index in [1.54, 1.807) is 22.5 Å². The van der Waals surface area contributed by atoms with Crippen molar-refractivity contribution in [3.05, 3.63) is 274 Å². The molecule has 2 fully saturated rings. The van der Waals surface area contributed by atoms with Crippen LogP contribution in [0.5, 0.6) is 0 Å². The van der Waals surface area contributed by atoms with Crippen molar-refractivity contribution < 1.29 is 54.9 Å². The van der Waals surface area contributed by atoms with Gasteiger partial charge in [-0.2, -0.15) is 63.7 Å². The molecule has 0 radical (unpaired) electrons. The fraction of sp³-hybridized carbons (Fsp3) is 0.325. The summed E-state index contributed by atoms with van der Waals surface area (Å²) in [6.45, 7) is 14.1. The Morgan fingerprint density at radius 3 is 1.01 bits per heavy atom. The summed E-state index contributed by atoms with van der Waals surface area (Å²) in [5, 5.41) is 56.8. The molecule has 0 aliphatic carbocycles. The number of aromatic nitrogens is 14. The van der Waals surface area contributed by atoms with Crippen LogP contribution in [0.1, 0.15) is 89.5 Å². The van der Waals surface area contributed by atoms with Gasteiger partial charge < -0.3 is 34.9 Å². The zero-order chi connectivity index (χ0) is 79.8. The molecule has 2 aliphatic heterocycles. The molecule has 113 heavy (non-hydrogen) atoms. The lowest BCUT2D eigenvalue weighted by molar-refractivity contribution is -0.209. The molecule has 2 aliphatic rings. The molecule has 0 amide bonds. The molecule has 5 atom stereocenters. The van der Waals surface area contributed by atoms with Gasteiger partial charge >= 0.3 is 23.2 Å². The maximum absolute atomic E-state index is 16.2. The summed E-state index contributed by atoms with van der Waals surface area (Å²) >= 11 is 0. The number of aliphatic hydroxyl groups is 3. The highest BCUT2D eigenvalue weighted by molar-refractivity contribution is 5.68. The zero-order valence-electron chi connectivity index (χ0n) is 61.6. The number of pyridine rings is 2. The van der Waals surface area contributed by atoms with E-state index >= 15 is 17.6 Å². The second kappa shape index (κ2) is 34.8. The van der Waals surface area contributed by atoms with E-state index < -0.39 is 94.1 Å². The highest BCUT2D eigenvalue weighted by Crippen LogP contribution is 2.49. The minimum atomic E-state index is -4.15. The summed E-state index contributed by atoms with van der Waals surface area (Å²) in [6, 6.07) is 39.7. The first kappa shape index (κ1) is 82.2. The SMILES string of the molecule is C.CC[C@@H](C(C)C)n1ncn(-c2ccc(N3CCN(c4ccc(-c5ccc(C(F)(F)C(O)(Cn6nccn6)c6ccc(F)cc6F)nc5)cc4)CC3)cc2)c1=O.CC[C@@H]([C@H](C)O)n1ncn(-c2ccc(N3CCN(c4ccc(-c5ccc(C(F)(F)C(O)(Cn6nccn6)c6ccc(F)cc6F)nc5)cc4)CC3)cc2)c1=O.NF. The topological polar surface area (TPSA) is 267 Å². The van der Waals surface area contributed by atoms with Crippen molar-refractivity contribution >= 4 is 22.7 Å². The highest BCUT2D eigenvalue weighted by atomic mass is 19.3. The molecule has 2 saturated heterocycles. The molecule has 0 bridgehead atoms. The summed E-state index contributed by atoms with van der Waals surface area (Å²) in [7, 11) is 0. The Morgan fingerprint density at radius 2 is 0.726 bits per heavy atom. The molecule has 5 N–H and O–H groups in total. The molecule has 594 valence electrons. The van der Waals surface area contributed by atoms with E-state index in [1.807, 2.05) is 104 Å². The second-order valence-corrected chi connectivity index (χ2v) is 27.6. The Labute approximate surface area is 644 Å². The summed E-state index contributed by atoms with van der Waals surface area (Å²) in [5.41, 5.74) is -2.02. The number of benzene rings is 6. The van der Waals surface area contributed by atoms with Crippen LogP contribution in [0.2, 0.25) is 0 Å². The van der Waals surface area contributed by atoms with Crippen molar-refractivity contribution in [2.45, 2.75) is 109 Å². The highest BCUT2D eigenvalue weighted by Gasteiger charge is 2.59. The summed E-state index contributed by atoms with van der Waals surface area (Å²) < 4.78 is 137. The van der Waals surface area contributed by atoms with E-state index in [9.17, 15) is 42.5 Å². The third-order valence-electron chi connectivity index (χ3n) is 20.5. The summed E-state index contributed by atoms with van der Waals surface area (Å²) in [4.78, 5) is 44.8. The average molecular weight is 1560 g/mol. The number of aliphatic hydroxyl groups excluding tert-OH is 1. The van der Waals surface area contributed by atoms with E-state index in [1.165, 1.54) is 64.9 Å². The Hall–Kier alpha value is -11.8. The van der Waals surface area contributed by atoms with Crippen LogP contribution in [-0.2, 0) is 36.1 Å². The van der Waals surface area contributed by atoms with Crippen molar-refractivity contribution in [3.8, 4) is 33.6 Å². The first-order valence-electron chi connectivity index (χ1n) is 36.2. The Bertz CT molecular complexity index is 4870. The first-order chi connectivity index (χ1) is 53.8. The lowest BCUT2D eigenvalue weighted by atomic mass is 9.84. The number of hydrogen-bond donors (Lipinski definition) is 4. The largest absolute Gasteiger partial charge is 0.391 e. The molecule has 2 unspecified atom stereocenters. The van der Waals surface area contributed by atoms with Crippen LogP contribution in [0.15, 0.2) is 217 Å². The lowest BCUT2D eigenvalue weighted by Gasteiger charge is -2.37. The minimum Gasteiger partial charge on any atom is -0.391 e. The summed E-state index contributed by atoms with van der Waals surface area (Å²) in [6.07, 6.45) is 11.2. The number of halogens is 9. The van der Waals surface area contributed by atoms with Crippen LogP contribution in [0.3, 0.4) is 0 Å². The van der Waals surface area contributed by atoms with E-state index in [0.717, 1.165) is 144 Å². The normalized spacial score (nSPS) is 15.2.